The van der Waals surface area contributed by atoms with E-state index in [4.69, 9.17) is 0 Å². The van der Waals surface area contributed by atoms with E-state index in [1.807, 2.05) is 0 Å². The van der Waals surface area contributed by atoms with Crippen molar-refractivity contribution >= 4 is 0 Å². The number of hydrogen-bond acceptors (Lipinski definition) is 3. The van der Waals surface area contributed by atoms with Gasteiger partial charge in [0.25, 0.3) is 0 Å². The first-order chi connectivity index (χ1) is 9.40. The predicted molar refractivity (Wildman–Crippen MR) is 69.2 cm³/mol. The van der Waals surface area contributed by atoms with E-state index >= 15 is 0 Å². The Morgan fingerprint density at radius 1 is 1.00 bits per heavy atom. The molecule has 0 aromatic heterocycles. The zero-order valence-electron chi connectivity index (χ0n) is 11.6. The Morgan fingerprint density at radius 3 is 2.20 bits per heavy atom. The number of likely N-dealkylation sites (tertiary alicyclic amines) is 1. The molecule has 1 saturated heterocycles. The Hall–Kier alpha value is -0.330. The number of piperidine rings is 1. The number of β-amino-alcohol motifs (C(OH)–C–C–N with tert-alkyl or cyclic N) is 1. The molecule has 0 spiro atoms. The highest BCUT2D eigenvalue weighted by atomic mass is 19.4. The molecule has 2 N–H and O–H groups in total. The van der Waals surface area contributed by atoms with Crippen LogP contribution in [-0.4, -0.2) is 53.1 Å². The summed E-state index contributed by atoms with van der Waals surface area (Å²) in [7, 11) is 0. The number of rotatable bonds is 3. The SMILES string of the molecule is OC[C@H]1CC[C@@H](O)CN1C[C@H]1CC[C@H](C(F)(F)F)CC1. The molecule has 0 bridgehead atoms. The molecule has 0 radical (unpaired) electrons. The molecule has 3 nitrogen and oxygen atoms in total. The lowest BCUT2D eigenvalue weighted by molar-refractivity contribution is -0.184. The van der Waals surface area contributed by atoms with Gasteiger partial charge in [-0.3, -0.25) is 4.90 Å². The minimum Gasteiger partial charge on any atom is -0.395 e. The highest BCUT2D eigenvalue weighted by Gasteiger charge is 2.41. The predicted octanol–water partition coefficient (Wildman–Crippen LogP) is 2.17. The molecular formula is C14H24F3NO2. The Balaban J connectivity index is 1.82. The first kappa shape index (κ1) is 16.0. The number of aliphatic hydroxyl groups excluding tert-OH is 2. The molecule has 1 aliphatic heterocycles. The molecule has 2 aliphatic rings. The van der Waals surface area contributed by atoms with Gasteiger partial charge >= 0.3 is 6.18 Å². The maximum Gasteiger partial charge on any atom is 0.391 e. The summed E-state index contributed by atoms with van der Waals surface area (Å²) < 4.78 is 37.9. The number of nitrogens with zero attached hydrogens (tertiary/aromatic N) is 1. The summed E-state index contributed by atoms with van der Waals surface area (Å²) >= 11 is 0. The molecule has 2 fully saturated rings. The van der Waals surface area contributed by atoms with Gasteiger partial charge in [-0.05, 0) is 44.4 Å². The van der Waals surface area contributed by atoms with Crippen LogP contribution in [0.15, 0.2) is 0 Å². The molecule has 118 valence electrons. The van der Waals surface area contributed by atoms with Crippen molar-refractivity contribution in [1.29, 1.82) is 0 Å². The summed E-state index contributed by atoms with van der Waals surface area (Å²) in [5, 5.41) is 19.1. The van der Waals surface area contributed by atoms with E-state index in [2.05, 4.69) is 4.90 Å². The van der Waals surface area contributed by atoms with Crippen molar-refractivity contribution in [1.82, 2.24) is 4.90 Å². The summed E-state index contributed by atoms with van der Waals surface area (Å²) in [5.74, 6) is -0.882. The van der Waals surface area contributed by atoms with Crippen molar-refractivity contribution < 1.29 is 23.4 Å². The number of halogens is 3. The zero-order chi connectivity index (χ0) is 14.8. The lowest BCUT2D eigenvalue weighted by Gasteiger charge is -2.40. The average Bonchev–Trinajstić information content (AvgIpc) is 2.38. The van der Waals surface area contributed by atoms with Crippen molar-refractivity contribution in [2.45, 2.75) is 56.8 Å². The topological polar surface area (TPSA) is 43.7 Å². The smallest absolute Gasteiger partial charge is 0.391 e. The third kappa shape index (κ3) is 4.09. The number of alkyl halides is 3. The second-order valence-electron chi connectivity index (χ2n) is 6.28. The summed E-state index contributed by atoms with van der Waals surface area (Å²) in [5.41, 5.74) is 0. The van der Waals surface area contributed by atoms with E-state index in [-0.39, 0.29) is 37.5 Å². The highest BCUT2D eigenvalue weighted by molar-refractivity contribution is 4.85. The van der Waals surface area contributed by atoms with Crippen LogP contribution in [0, 0.1) is 11.8 Å². The molecule has 1 aliphatic carbocycles. The third-order valence-corrected chi connectivity index (χ3v) is 4.81. The summed E-state index contributed by atoms with van der Waals surface area (Å²) in [6.07, 6.45) is -1.35. The standard InChI is InChI=1S/C14H24F3NO2/c15-14(16,17)11-3-1-10(2-4-11)7-18-8-13(20)6-5-12(18)9-19/h10-13,19-20H,1-9H2/t10-,11-,12-,13-/m1/s1. The molecule has 1 heterocycles. The minimum absolute atomic E-state index is 0.0544. The van der Waals surface area contributed by atoms with Gasteiger partial charge < -0.3 is 10.2 Å². The van der Waals surface area contributed by atoms with Gasteiger partial charge in [0.05, 0.1) is 18.6 Å². The Bertz CT molecular complexity index is 303. The Kier molecular flexibility index (Phi) is 5.31. The van der Waals surface area contributed by atoms with Crippen LogP contribution in [0.5, 0.6) is 0 Å². The molecule has 1 saturated carbocycles. The summed E-state index contributed by atoms with van der Waals surface area (Å²) in [6.45, 7) is 1.29. The Labute approximate surface area is 117 Å². The molecule has 2 atom stereocenters. The molecule has 0 unspecified atom stereocenters. The fraction of sp³-hybridized carbons (Fsp3) is 1.00. The van der Waals surface area contributed by atoms with Crippen LogP contribution in [0.2, 0.25) is 0 Å². The highest BCUT2D eigenvalue weighted by Crippen LogP contribution is 2.40. The zero-order valence-corrected chi connectivity index (χ0v) is 11.6. The van der Waals surface area contributed by atoms with Crippen LogP contribution in [0.25, 0.3) is 0 Å². The fourth-order valence-corrected chi connectivity index (χ4v) is 3.51. The van der Waals surface area contributed by atoms with Crippen LogP contribution < -0.4 is 0 Å². The van der Waals surface area contributed by atoms with Crippen molar-refractivity contribution in [3.63, 3.8) is 0 Å². The van der Waals surface area contributed by atoms with E-state index in [9.17, 15) is 23.4 Å². The van der Waals surface area contributed by atoms with Gasteiger partial charge in [0, 0.05) is 19.1 Å². The molecule has 0 amide bonds. The molecule has 6 heteroatoms. The fourth-order valence-electron chi connectivity index (χ4n) is 3.51. The Morgan fingerprint density at radius 2 is 1.65 bits per heavy atom. The first-order valence-electron chi connectivity index (χ1n) is 7.49. The second kappa shape index (κ2) is 6.62. The van der Waals surface area contributed by atoms with Gasteiger partial charge in [-0.15, -0.1) is 0 Å². The van der Waals surface area contributed by atoms with Crippen LogP contribution in [0.3, 0.4) is 0 Å². The molecule has 2 rings (SSSR count). The number of hydrogen-bond donors (Lipinski definition) is 2. The normalized spacial score (nSPS) is 37.0. The van der Waals surface area contributed by atoms with Crippen LogP contribution >= 0.6 is 0 Å². The van der Waals surface area contributed by atoms with E-state index in [1.54, 1.807) is 0 Å². The molecule has 20 heavy (non-hydrogen) atoms. The first-order valence-corrected chi connectivity index (χ1v) is 7.49. The average molecular weight is 295 g/mol. The van der Waals surface area contributed by atoms with Gasteiger partial charge in [0.2, 0.25) is 0 Å². The van der Waals surface area contributed by atoms with Crippen molar-refractivity contribution in [2.24, 2.45) is 11.8 Å². The van der Waals surface area contributed by atoms with Crippen LogP contribution in [0.1, 0.15) is 38.5 Å². The van der Waals surface area contributed by atoms with Crippen molar-refractivity contribution in [3.05, 3.63) is 0 Å². The largest absolute Gasteiger partial charge is 0.395 e. The van der Waals surface area contributed by atoms with Gasteiger partial charge in [-0.1, -0.05) is 0 Å². The van der Waals surface area contributed by atoms with Crippen molar-refractivity contribution in [2.75, 3.05) is 19.7 Å². The molecular weight excluding hydrogens is 271 g/mol. The lowest BCUT2D eigenvalue weighted by Crippen LogP contribution is -2.49. The summed E-state index contributed by atoms with van der Waals surface area (Å²) in [4.78, 5) is 2.06. The van der Waals surface area contributed by atoms with Gasteiger partial charge in [0.15, 0.2) is 0 Å². The molecule has 0 aromatic carbocycles. The third-order valence-electron chi connectivity index (χ3n) is 4.81. The van der Waals surface area contributed by atoms with E-state index in [0.29, 0.717) is 32.4 Å². The van der Waals surface area contributed by atoms with Gasteiger partial charge in [-0.25, -0.2) is 0 Å². The van der Waals surface area contributed by atoms with E-state index < -0.39 is 12.1 Å². The van der Waals surface area contributed by atoms with E-state index in [1.165, 1.54) is 0 Å². The quantitative estimate of drug-likeness (QED) is 0.838. The van der Waals surface area contributed by atoms with Crippen LogP contribution in [0.4, 0.5) is 13.2 Å². The van der Waals surface area contributed by atoms with E-state index in [0.717, 1.165) is 6.42 Å². The maximum atomic E-state index is 12.6. The number of aliphatic hydroxyl groups is 2. The van der Waals surface area contributed by atoms with Crippen molar-refractivity contribution in [3.8, 4) is 0 Å². The molecule has 0 aromatic rings. The maximum absolute atomic E-state index is 12.6. The van der Waals surface area contributed by atoms with Crippen LogP contribution in [-0.2, 0) is 0 Å². The monoisotopic (exact) mass is 295 g/mol. The summed E-state index contributed by atoms with van der Waals surface area (Å²) in [6, 6.07) is 0.0544. The minimum atomic E-state index is -4.06. The second-order valence-corrected chi connectivity index (χ2v) is 6.28. The lowest BCUT2D eigenvalue weighted by atomic mass is 9.81. The van der Waals surface area contributed by atoms with Gasteiger partial charge in [-0.2, -0.15) is 13.2 Å². The van der Waals surface area contributed by atoms with Gasteiger partial charge in [0.1, 0.15) is 0 Å².